The average Bonchev–Trinajstić information content (AvgIpc) is 2.41. The Morgan fingerprint density at radius 1 is 1.35 bits per heavy atom. The van der Waals surface area contributed by atoms with Gasteiger partial charge in [-0.25, -0.2) is 4.79 Å². The number of ether oxygens (including phenoxy) is 1. The maximum Gasteiger partial charge on any atom is 0.319 e. The highest BCUT2D eigenvalue weighted by Gasteiger charge is 2.15. The fourth-order valence-electron chi connectivity index (χ4n) is 1.95. The molecule has 0 aromatic carbocycles. The lowest BCUT2D eigenvalue weighted by atomic mass is 10.1. The van der Waals surface area contributed by atoms with Crippen molar-refractivity contribution >= 4 is 17.7 Å². The first kappa shape index (κ1) is 14.3. The molecule has 7 nitrogen and oxygen atoms in total. The zero-order chi connectivity index (χ0) is 14.4. The van der Waals surface area contributed by atoms with Gasteiger partial charge in [-0.15, -0.1) is 0 Å². The van der Waals surface area contributed by atoms with Gasteiger partial charge in [-0.05, 0) is 25.0 Å². The number of aliphatic carboxylic acids is 1. The van der Waals surface area contributed by atoms with Crippen molar-refractivity contribution in [1.29, 1.82) is 0 Å². The quantitative estimate of drug-likeness (QED) is 0.763. The fraction of sp³-hybridized carbons (Fsp3) is 0.462. The molecule has 1 aliphatic heterocycles. The van der Waals surface area contributed by atoms with E-state index in [0.717, 1.165) is 12.8 Å². The van der Waals surface area contributed by atoms with Gasteiger partial charge in [0.05, 0.1) is 24.0 Å². The van der Waals surface area contributed by atoms with E-state index in [2.05, 4.69) is 15.6 Å². The summed E-state index contributed by atoms with van der Waals surface area (Å²) in [5, 5.41) is 14.2. The van der Waals surface area contributed by atoms with E-state index in [9.17, 15) is 9.59 Å². The average molecular weight is 279 g/mol. The summed E-state index contributed by atoms with van der Waals surface area (Å²) in [6, 6.07) is 3.06. The monoisotopic (exact) mass is 279 g/mol. The highest BCUT2D eigenvalue weighted by atomic mass is 16.5. The number of pyridine rings is 1. The summed E-state index contributed by atoms with van der Waals surface area (Å²) in [6.07, 6.45) is 2.93. The lowest BCUT2D eigenvalue weighted by Crippen LogP contribution is -2.41. The van der Waals surface area contributed by atoms with Gasteiger partial charge in [-0.1, -0.05) is 0 Å². The van der Waals surface area contributed by atoms with Gasteiger partial charge in [0.2, 0.25) is 0 Å². The Kier molecular flexibility index (Phi) is 4.89. The Hall–Kier alpha value is -2.15. The number of amides is 2. The van der Waals surface area contributed by atoms with Crippen LogP contribution in [-0.4, -0.2) is 41.3 Å². The maximum atomic E-state index is 11.8. The number of carbonyl (C=O) groups excluding carboxylic acids is 1. The van der Waals surface area contributed by atoms with E-state index in [1.807, 2.05) is 0 Å². The van der Waals surface area contributed by atoms with Crippen molar-refractivity contribution in [2.75, 3.05) is 18.5 Å². The molecule has 0 radical (unpaired) electrons. The zero-order valence-corrected chi connectivity index (χ0v) is 11.0. The van der Waals surface area contributed by atoms with Crippen LogP contribution in [0.1, 0.15) is 18.5 Å². The van der Waals surface area contributed by atoms with Gasteiger partial charge in [-0.3, -0.25) is 9.78 Å². The summed E-state index contributed by atoms with van der Waals surface area (Å²) >= 11 is 0. The molecule has 0 atom stereocenters. The summed E-state index contributed by atoms with van der Waals surface area (Å²) in [7, 11) is 0. The minimum absolute atomic E-state index is 0.128. The number of aromatic nitrogens is 1. The molecule has 108 valence electrons. The first-order valence-corrected chi connectivity index (χ1v) is 6.45. The molecule has 0 spiro atoms. The molecule has 1 aromatic heterocycles. The Morgan fingerprint density at radius 3 is 2.70 bits per heavy atom. The molecular formula is C13H17N3O4. The minimum atomic E-state index is -0.935. The third kappa shape index (κ3) is 4.51. The van der Waals surface area contributed by atoms with Crippen LogP contribution < -0.4 is 10.6 Å². The largest absolute Gasteiger partial charge is 0.481 e. The second kappa shape index (κ2) is 6.85. The van der Waals surface area contributed by atoms with E-state index in [4.69, 9.17) is 9.84 Å². The van der Waals surface area contributed by atoms with E-state index in [-0.39, 0.29) is 18.5 Å². The van der Waals surface area contributed by atoms with Crippen molar-refractivity contribution in [3.63, 3.8) is 0 Å². The van der Waals surface area contributed by atoms with Crippen LogP contribution in [0.5, 0.6) is 0 Å². The molecular weight excluding hydrogens is 262 g/mol. The second-order valence-electron chi connectivity index (χ2n) is 4.59. The Bertz CT molecular complexity index is 469. The maximum absolute atomic E-state index is 11.8. The van der Waals surface area contributed by atoms with Gasteiger partial charge in [0.25, 0.3) is 0 Å². The highest BCUT2D eigenvalue weighted by molar-refractivity contribution is 5.89. The predicted octanol–water partition coefficient (Wildman–Crippen LogP) is 1.01. The number of anilines is 1. The summed E-state index contributed by atoms with van der Waals surface area (Å²) in [4.78, 5) is 26.3. The minimum Gasteiger partial charge on any atom is -0.481 e. The molecule has 1 fully saturated rings. The molecule has 0 unspecified atom stereocenters. The molecule has 2 amide bonds. The number of hydrogen-bond acceptors (Lipinski definition) is 4. The van der Waals surface area contributed by atoms with Crippen LogP contribution in [0.4, 0.5) is 10.5 Å². The van der Waals surface area contributed by atoms with E-state index >= 15 is 0 Å². The Morgan fingerprint density at radius 2 is 2.10 bits per heavy atom. The standard InChI is InChI=1S/C13H17N3O4/c17-12(18)7-10-1-2-11(8-14-10)16-13(19)15-9-3-5-20-6-4-9/h1-2,8-9H,3-7H2,(H,17,18)(H2,15,16,19). The Balaban J connectivity index is 1.82. The van der Waals surface area contributed by atoms with Crippen molar-refractivity contribution in [3.8, 4) is 0 Å². The first-order chi connectivity index (χ1) is 9.63. The topological polar surface area (TPSA) is 101 Å². The van der Waals surface area contributed by atoms with E-state index in [1.54, 1.807) is 12.1 Å². The van der Waals surface area contributed by atoms with Crippen LogP contribution >= 0.6 is 0 Å². The summed E-state index contributed by atoms with van der Waals surface area (Å²) in [6.45, 7) is 1.33. The SMILES string of the molecule is O=C(O)Cc1ccc(NC(=O)NC2CCOCC2)cn1. The number of carboxylic acid groups (broad SMARTS) is 1. The van der Waals surface area contributed by atoms with Crippen molar-refractivity contribution in [2.24, 2.45) is 0 Å². The molecule has 2 heterocycles. The smallest absolute Gasteiger partial charge is 0.319 e. The molecule has 7 heteroatoms. The number of nitrogens with one attached hydrogen (secondary N) is 2. The van der Waals surface area contributed by atoms with Crippen LogP contribution in [0.25, 0.3) is 0 Å². The van der Waals surface area contributed by atoms with Crippen LogP contribution in [0.2, 0.25) is 0 Å². The van der Waals surface area contributed by atoms with Gasteiger partial charge in [0.15, 0.2) is 0 Å². The summed E-state index contributed by atoms with van der Waals surface area (Å²) in [5.41, 5.74) is 0.983. The summed E-state index contributed by atoms with van der Waals surface area (Å²) < 4.78 is 5.21. The number of rotatable bonds is 4. The molecule has 0 bridgehead atoms. The molecule has 20 heavy (non-hydrogen) atoms. The normalized spacial score (nSPS) is 15.6. The van der Waals surface area contributed by atoms with Crippen molar-refractivity contribution in [1.82, 2.24) is 10.3 Å². The number of nitrogens with zero attached hydrogens (tertiary/aromatic N) is 1. The summed E-state index contributed by atoms with van der Waals surface area (Å²) in [5.74, 6) is -0.935. The van der Waals surface area contributed by atoms with Gasteiger partial charge >= 0.3 is 12.0 Å². The molecule has 0 saturated carbocycles. The van der Waals surface area contributed by atoms with Gasteiger partial charge < -0.3 is 20.5 Å². The van der Waals surface area contributed by atoms with Crippen LogP contribution in [0, 0.1) is 0 Å². The van der Waals surface area contributed by atoms with Crippen LogP contribution in [0.15, 0.2) is 18.3 Å². The zero-order valence-electron chi connectivity index (χ0n) is 11.0. The second-order valence-corrected chi connectivity index (χ2v) is 4.59. The van der Waals surface area contributed by atoms with Crippen molar-refractivity contribution < 1.29 is 19.4 Å². The molecule has 1 aliphatic rings. The predicted molar refractivity (Wildman–Crippen MR) is 71.6 cm³/mol. The van der Waals surface area contributed by atoms with Crippen molar-refractivity contribution in [3.05, 3.63) is 24.0 Å². The third-order valence-electron chi connectivity index (χ3n) is 2.97. The lowest BCUT2D eigenvalue weighted by molar-refractivity contribution is -0.136. The van der Waals surface area contributed by atoms with Crippen LogP contribution in [0.3, 0.4) is 0 Å². The van der Waals surface area contributed by atoms with Crippen molar-refractivity contribution in [2.45, 2.75) is 25.3 Å². The van der Waals surface area contributed by atoms with Gasteiger partial charge in [0.1, 0.15) is 0 Å². The van der Waals surface area contributed by atoms with Gasteiger partial charge in [0, 0.05) is 19.3 Å². The fourth-order valence-corrected chi connectivity index (χ4v) is 1.95. The highest BCUT2D eigenvalue weighted by Crippen LogP contribution is 2.09. The number of hydrogen-bond donors (Lipinski definition) is 3. The molecule has 0 aliphatic carbocycles. The Labute approximate surface area is 116 Å². The number of carbonyl (C=O) groups is 2. The molecule has 2 rings (SSSR count). The lowest BCUT2D eigenvalue weighted by Gasteiger charge is -2.23. The van der Waals surface area contributed by atoms with E-state index < -0.39 is 5.97 Å². The van der Waals surface area contributed by atoms with E-state index in [0.29, 0.717) is 24.6 Å². The molecule has 3 N–H and O–H groups in total. The number of urea groups is 1. The third-order valence-corrected chi connectivity index (χ3v) is 2.97. The first-order valence-electron chi connectivity index (χ1n) is 6.45. The number of carboxylic acids is 1. The van der Waals surface area contributed by atoms with E-state index in [1.165, 1.54) is 6.20 Å². The van der Waals surface area contributed by atoms with Crippen LogP contribution in [-0.2, 0) is 16.0 Å². The molecule has 1 saturated heterocycles. The van der Waals surface area contributed by atoms with Gasteiger partial charge in [-0.2, -0.15) is 0 Å². The molecule has 1 aromatic rings.